The number of carbonyl (C=O) groups is 1. The maximum atomic E-state index is 11.3. The minimum Gasteiger partial charge on any atom is -0.480 e. The van der Waals surface area contributed by atoms with Gasteiger partial charge in [0.2, 0.25) is 0 Å². The first-order valence-electron chi connectivity index (χ1n) is 6.44. The Morgan fingerprint density at radius 1 is 1.41 bits per heavy atom. The van der Waals surface area contributed by atoms with E-state index in [1.165, 1.54) is 6.42 Å². The van der Waals surface area contributed by atoms with E-state index in [9.17, 15) is 9.90 Å². The third-order valence-corrected chi connectivity index (χ3v) is 4.00. The lowest BCUT2D eigenvalue weighted by molar-refractivity contribution is -0.144. The fourth-order valence-electron chi connectivity index (χ4n) is 2.34. The molecule has 4 heteroatoms. The van der Waals surface area contributed by atoms with E-state index in [-0.39, 0.29) is 0 Å². The van der Waals surface area contributed by atoms with E-state index in [0.29, 0.717) is 12.0 Å². The van der Waals surface area contributed by atoms with Gasteiger partial charge in [-0.3, -0.25) is 4.79 Å². The van der Waals surface area contributed by atoms with Crippen LogP contribution in [-0.2, 0) is 4.79 Å². The molecule has 1 aliphatic rings. The maximum Gasteiger partial charge on any atom is 0.324 e. The van der Waals surface area contributed by atoms with Crippen LogP contribution in [0.4, 0.5) is 0 Å². The van der Waals surface area contributed by atoms with Crippen LogP contribution >= 0.6 is 0 Å². The molecule has 1 unspecified atom stereocenters. The molecule has 1 heterocycles. The number of aliphatic carboxylic acids is 1. The molecule has 1 saturated heterocycles. The molecule has 4 nitrogen and oxygen atoms in total. The standard InChI is InChI=1S/C13H26N2O2/c1-12(2)6-5-8-15(9-7-12)10-13(3,14-4)11(16)17/h14H,5-10H2,1-4H3,(H,16,17). The van der Waals surface area contributed by atoms with Crippen molar-refractivity contribution in [1.29, 1.82) is 0 Å². The van der Waals surface area contributed by atoms with Crippen molar-refractivity contribution < 1.29 is 9.90 Å². The molecule has 1 fully saturated rings. The summed E-state index contributed by atoms with van der Waals surface area (Å²) in [5, 5.41) is 12.2. The molecule has 1 atom stereocenters. The Labute approximate surface area is 104 Å². The van der Waals surface area contributed by atoms with Gasteiger partial charge < -0.3 is 15.3 Å². The molecule has 0 bridgehead atoms. The van der Waals surface area contributed by atoms with Crippen molar-refractivity contribution in [2.24, 2.45) is 5.41 Å². The third-order valence-electron chi connectivity index (χ3n) is 4.00. The molecule has 0 aromatic carbocycles. The van der Waals surface area contributed by atoms with Crippen LogP contribution in [-0.4, -0.2) is 48.2 Å². The van der Waals surface area contributed by atoms with Gasteiger partial charge in [-0.1, -0.05) is 13.8 Å². The van der Waals surface area contributed by atoms with E-state index in [1.54, 1.807) is 14.0 Å². The summed E-state index contributed by atoms with van der Waals surface area (Å²) in [7, 11) is 1.72. The second kappa shape index (κ2) is 5.36. The maximum absolute atomic E-state index is 11.3. The monoisotopic (exact) mass is 242 g/mol. The van der Waals surface area contributed by atoms with Crippen LogP contribution < -0.4 is 5.32 Å². The lowest BCUT2D eigenvalue weighted by atomic mass is 9.85. The molecule has 0 aromatic heterocycles. The van der Waals surface area contributed by atoms with Crippen molar-refractivity contribution in [3.63, 3.8) is 0 Å². The Bertz CT molecular complexity index is 279. The molecule has 17 heavy (non-hydrogen) atoms. The highest BCUT2D eigenvalue weighted by molar-refractivity contribution is 5.78. The Kier molecular flexibility index (Phi) is 4.55. The highest BCUT2D eigenvalue weighted by Crippen LogP contribution is 2.30. The molecule has 1 rings (SSSR count). The molecule has 0 amide bonds. The van der Waals surface area contributed by atoms with Gasteiger partial charge >= 0.3 is 5.97 Å². The van der Waals surface area contributed by atoms with Crippen LogP contribution in [0.3, 0.4) is 0 Å². The Hall–Kier alpha value is -0.610. The van der Waals surface area contributed by atoms with Crippen molar-refractivity contribution in [2.75, 3.05) is 26.7 Å². The Morgan fingerprint density at radius 2 is 2.06 bits per heavy atom. The van der Waals surface area contributed by atoms with Crippen LogP contribution in [0.25, 0.3) is 0 Å². The van der Waals surface area contributed by atoms with Gasteiger partial charge in [0, 0.05) is 6.54 Å². The minimum atomic E-state index is -0.839. The number of likely N-dealkylation sites (tertiary alicyclic amines) is 1. The zero-order valence-corrected chi connectivity index (χ0v) is 11.5. The fourth-order valence-corrected chi connectivity index (χ4v) is 2.34. The molecule has 0 aliphatic carbocycles. The smallest absolute Gasteiger partial charge is 0.324 e. The van der Waals surface area contributed by atoms with Crippen molar-refractivity contribution in [2.45, 2.75) is 45.6 Å². The number of carboxylic acid groups (broad SMARTS) is 1. The van der Waals surface area contributed by atoms with Crippen LogP contribution in [0.15, 0.2) is 0 Å². The molecule has 2 N–H and O–H groups in total. The van der Waals surface area contributed by atoms with Gasteiger partial charge in [-0.25, -0.2) is 0 Å². The van der Waals surface area contributed by atoms with Gasteiger partial charge in [0.05, 0.1) is 0 Å². The summed E-state index contributed by atoms with van der Waals surface area (Å²) in [6.45, 7) is 8.93. The third kappa shape index (κ3) is 3.96. The van der Waals surface area contributed by atoms with Gasteiger partial charge in [0.25, 0.3) is 0 Å². The summed E-state index contributed by atoms with van der Waals surface area (Å²) >= 11 is 0. The predicted molar refractivity (Wildman–Crippen MR) is 69.2 cm³/mol. The van der Waals surface area contributed by atoms with Crippen LogP contribution in [0.1, 0.15) is 40.0 Å². The number of hydrogen-bond acceptors (Lipinski definition) is 3. The van der Waals surface area contributed by atoms with Crippen molar-refractivity contribution in [3.8, 4) is 0 Å². The van der Waals surface area contributed by atoms with Gasteiger partial charge in [-0.05, 0) is 51.7 Å². The quantitative estimate of drug-likeness (QED) is 0.785. The first-order valence-corrected chi connectivity index (χ1v) is 6.44. The van der Waals surface area contributed by atoms with Crippen molar-refractivity contribution in [3.05, 3.63) is 0 Å². The van der Waals surface area contributed by atoms with E-state index >= 15 is 0 Å². The lowest BCUT2D eigenvalue weighted by Crippen LogP contribution is -2.55. The van der Waals surface area contributed by atoms with Crippen molar-refractivity contribution in [1.82, 2.24) is 10.2 Å². The second-order valence-corrected chi connectivity index (χ2v) is 6.18. The van der Waals surface area contributed by atoms with Gasteiger partial charge in [0.1, 0.15) is 5.54 Å². The number of nitrogens with zero attached hydrogens (tertiary/aromatic N) is 1. The average molecular weight is 242 g/mol. The predicted octanol–water partition coefficient (Wildman–Crippen LogP) is 1.56. The first kappa shape index (κ1) is 14.5. The number of nitrogens with one attached hydrogen (secondary N) is 1. The van der Waals surface area contributed by atoms with Crippen LogP contribution in [0.5, 0.6) is 0 Å². The second-order valence-electron chi connectivity index (χ2n) is 6.18. The van der Waals surface area contributed by atoms with E-state index in [2.05, 4.69) is 24.1 Å². The zero-order chi connectivity index (χ0) is 13.1. The SMILES string of the molecule is CNC(C)(CN1CCCC(C)(C)CC1)C(=O)O. The lowest BCUT2D eigenvalue weighted by Gasteiger charge is -2.31. The molecule has 0 aromatic rings. The normalized spacial score (nSPS) is 24.9. The fraction of sp³-hybridized carbons (Fsp3) is 0.923. The topological polar surface area (TPSA) is 52.6 Å². The number of carboxylic acids is 1. The highest BCUT2D eigenvalue weighted by atomic mass is 16.4. The van der Waals surface area contributed by atoms with E-state index in [0.717, 1.165) is 25.9 Å². The minimum absolute atomic E-state index is 0.397. The van der Waals surface area contributed by atoms with E-state index < -0.39 is 11.5 Å². The first-order chi connectivity index (χ1) is 7.79. The van der Waals surface area contributed by atoms with Crippen LogP contribution in [0, 0.1) is 5.41 Å². The summed E-state index contributed by atoms with van der Waals surface area (Å²) in [6.07, 6.45) is 3.53. The molecule has 0 saturated carbocycles. The largest absolute Gasteiger partial charge is 0.480 e. The highest BCUT2D eigenvalue weighted by Gasteiger charge is 2.34. The summed E-state index contributed by atoms with van der Waals surface area (Å²) in [4.78, 5) is 13.5. The Balaban J connectivity index is 2.60. The summed E-state index contributed by atoms with van der Waals surface area (Å²) in [5.41, 5.74) is -0.442. The average Bonchev–Trinajstić information content (AvgIpc) is 2.40. The summed E-state index contributed by atoms with van der Waals surface area (Å²) in [6, 6.07) is 0. The van der Waals surface area contributed by atoms with Crippen molar-refractivity contribution >= 4 is 5.97 Å². The number of likely N-dealkylation sites (N-methyl/N-ethyl adjacent to an activating group) is 1. The molecular formula is C13H26N2O2. The van der Waals surface area contributed by atoms with Crippen LogP contribution in [0.2, 0.25) is 0 Å². The zero-order valence-electron chi connectivity index (χ0n) is 11.5. The Morgan fingerprint density at radius 3 is 2.59 bits per heavy atom. The van der Waals surface area contributed by atoms with E-state index in [1.807, 2.05) is 0 Å². The molecular weight excluding hydrogens is 216 g/mol. The van der Waals surface area contributed by atoms with Gasteiger partial charge in [-0.15, -0.1) is 0 Å². The molecule has 100 valence electrons. The molecule has 0 spiro atoms. The van der Waals surface area contributed by atoms with Gasteiger partial charge in [0.15, 0.2) is 0 Å². The molecule has 0 radical (unpaired) electrons. The van der Waals surface area contributed by atoms with E-state index in [4.69, 9.17) is 0 Å². The number of hydrogen-bond donors (Lipinski definition) is 2. The molecule has 1 aliphatic heterocycles. The summed E-state index contributed by atoms with van der Waals surface area (Å²) in [5.74, 6) is -0.775. The van der Waals surface area contributed by atoms with Gasteiger partial charge in [-0.2, -0.15) is 0 Å². The summed E-state index contributed by atoms with van der Waals surface area (Å²) < 4.78 is 0. The number of rotatable bonds is 4.